The highest BCUT2D eigenvalue weighted by atomic mass is 16.6. The third-order valence-electron chi connectivity index (χ3n) is 6.36. The van der Waals surface area contributed by atoms with Crippen molar-refractivity contribution < 1.29 is 19.1 Å². The lowest BCUT2D eigenvalue weighted by atomic mass is 9.93. The van der Waals surface area contributed by atoms with E-state index >= 15 is 0 Å². The van der Waals surface area contributed by atoms with E-state index in [2.05, 4.69) is 0 Å². The zero-order valence-electron chi connectivity index (χ0n) is 17.0. The molecule has 3 aliphatic heterocycles. The number of cyclic esters (lactones) is 1. The predicted octanol–water partition coefficient (Wildman–Crippen LogP) is 2.37. The third-order valence-corrected chi connectivity index (χ3v) is 6.36. The maximum atomic E-state index is 13.0. The van der Waals surface area contributed by atoms with E-state index in [4.69, 9.17) is 4.74 Å². The van der Waals surface area contributed by atoms with E-state index in [-0.39, 0.29) is 36.0 Å². The molecule has 0 aliphatic carbocycles. The minimum atomic E-state index is -0.224. The average Bonchev–Trinajstić information content (AvgIpc) is 3.11. The summed E-state index contributed by atoms with van der Waals surface area (Å²) >= 11 is 0. The molecule has 1 aromatic rings. The van der Waals surface area contributed by atoms with Gasteiger partial charge in [-0.05, 0) is 44.7 Å². The quantitative estimate of drug-likeness (QED) is 0.782. The van der Waals surface area contributed by atoms with Gasteiger partial charge in [0.05, 0.1) is 6.54 Å². The van der Waals surface area contributed by atoms with Gasteiger partial charge in [0.2, 0.25) is 5.91 Å². The van der Waals surface area contributed by atoms with E-state index < -0.39 is 0 Å². The van der Waals surface area contributed by atoms with Gasteiger partial charge in [0, 0.05) is 43.7 Å². The molecule has 0 radical (unpaired) electrons. The molecule has 3 fully saturated rings. The Balaban J connectivity index is 1.25. The van der Waals surface area contributed by atoms with Gasteiger partial charge in [-0.3, -0.25) is 9.59 Å². The number of hydrogen-bond acceptors (Lipinski definition) is 4. The van der Waals surface area contributed by atoms with Crippen molar-refractivity contribution in [2.24, 2.45) is 5.92 Å². The van der Waals surface area contributed by atoms with Crippen LogP contribution in [0.1, 0.15) is 43.0 Å². The second kappa shape index (κ2) is 8.43. The Morgan fingerprint density at radius 3 is 2.14 bits per heavy atom. The standard InChI is InChI=1S/C22H29N3O4/c1-16-15-25(22(28)29-16)19-9-13-24(14-10-19)21(27)18-7-11-23(12-8-18)20(26)17-5-3-2-4-6-17/h2-6,16,18-19H,7-15H2,1H3. The van der Waals surface area contributed by atoms with Gasteiger partial charge in [0.25, 0.3) is 5.91 Å². The van der Waals surface area contributed by atoms with Crippen molar-refractivity contribution >= 4 is 17.9 Å². The van der Waals surface area contributed by atoms with E-state index in [1.807, 2.05) is 52.0 Å². The minimum Gasteiger partial charge on any atom is -0.444 e. The summed E-state index contributed by atoms with van der Waals surface area (Å²) in [6, 6.07) is 9.48. The van der Waals surface area contributed by atoms with Crippen LogP contribution in [-0.2, 0) is 9.53 Å². The van der Waals surface area contributed by atoms with Crippen LogP contribution >= 0.6 is 0 Å². The number of ether oxygens (including phenoxy) is 1. The maximum Gasteiger partial charge on any atom is 0.410 e. The lowest BCUT2D eigenvalue weighted by Crippen LogP contribution is -2.50. The topological polar surface area (TPSA) is 70.2 Å². The third kappa shape index (κ3) is 4.23. The Morgan fingerprint density at radius 1 is 0.931 bits per heavy atom. The number of rotatable bonds is 3. The predicted molar refractivity (Wildman–Crippen MR) is 107 cm³/mol. The van der Waals surface area contributed by atoms with Crippen LogP contribution < -0.4 is 0 Å². The molecule has 1 unspecified atom stereocenters. The van der Waals surface area contributed by atoms with Gasteiger partial charge in [-0.25, -0.2) is 4.79 Å². The Kier molecular flexibility index (Phi) is 5.74. The van der Waals surface area contributed by atoms with Crippen molar-refractivity contribution in [1.29, 1.82) is 0 Å². The van der Waals surface area contributed by atoms with Crippen LogP contribution in [0.15, 0.2) is 30.3 Å². The van der Waals surface area contributed by atoms with Crippen LogP contribution in [0.2, 0.25) is 0 Å². The molecule has 7 heteroatoms. The van der Waals surface area contributed by atoms with Gasteiger partial charge in [0.15, 0.2) is 0 Å². The number of piperidine rings is 2. The molecule has 0 aromatic heterocycles. The first-order chi connectivity index (χ1) is 14.0. The van der Waals surface area contributed by atoms with Gasteiger partial charge >= 0.3 is 6.09 Å². The highest BCUT2D eigenvalue weighted by molar-refractivity contribution is 5.94. The molecule has 3 saturated heterocycles. The molecule has 156 valence electrons. The van der Waals surface area contributed by atoms with Crippen molar-refractivity contribution in [2.45, 2.75) is 44.8 Å². The SMILES string of the molecule is CC1CN(C2CCN(C(=O)C3CCN(C(=O)c4ccccc4)CC3)CC2)C(=O)O1. The molecule has 0 spiro atoms. The molecule has 3 amide bonds. The van der Waals surface area contributed by atoms with Gasteiger partial charge in [-0.15, -0.1) is 0 Å². The molecule has 1 aromatic carbocycles. The van der Waals surface area contributed by atoms with E-state index in [1.165, 1.54) is 0 Å². The van der Waals surface area contributed by atoms with Gasteiger partial charge in [-0.2, -0.15) is 0 Å². The van der Waals surface area contributed by atoms with Crippen LogP contribution in [0.5, 0.6) is 0 Å². The number of benzene rings is 1. The van der Waals surface area contributed by atoms with Crippen molar-refractivity contribution in [3.8, 4) is 0 Å². The lowest BCUT2D eigenvalue weighted by Gasteiger charge is -2.39. The molecule has 0 N–H and O–H groups in total. The number of amides is 3. The maximum absolute atomic E-state index is 13.0. The Bertz CT molecular complexity index is 753. The van der Waals surface area contributed by atoms with Gasteiger partial charge in [0.1, 0.15) is 6.10 Å². The van der Waals surface area contributed by atoms with E-state index in [0.717, 1.165) is 12.8 Å². The Hall–Kier alpha value is -2.57. The molecule has 3 aliphatic rings. The molecule has 0 saturated carbocycles. The summed E-state index contributed by atoms with van der Waals surface area (Å²) in [5.41, 5.74) is 0.703. The summed E-state index contributed by atoms with van der Waals surface area (Å²) in [7, 11) is 0. The second-order valence-corrected chi connectivity index (χ2v) is 8.34. The van der Waals surface area contributed by atoms with Crippen molar-refractivity contribution in [2.75, 3.05) is 32.7 Å². The summed E-state index contributed by atoms with van der Waals surface area (Å²) in [4.78, 5) is 43.1. The average molecular weight is 399 g/mol. The zero-order chi connectivity index (χ0) is 20.4. The van der Waals surface area contributed by atoms with Crippen LogP contribution in [-0.4, -0.2) is 77.5 Å². The number of hydrogen-bond donors (Lipinski definition) is 0. The first kappa shape index (κ1) is 19.7. The second-order valence-electron chi connectivity index (χ2n) is 8.34. The first-order valence-electron chi connectivity index (χ1n) is 10.6. The van der Waals surface area contributed by atoms with Crippen LogP contribution in [0.3, 0.4) is 0 Å². The van der Waals surface area contributed by atoms with Crippen LogP contribution in [0, 0.1) is 5.92 Å². The van der Waals surface area contributed by atoms with E-state index in [0.29, 0.717) is 51.1 Å². The van der Waals surface area contributed by atoms with Crippen molar-refractivity contribution in [1.82, 2.24) is 14.7 Å². The summed E-state index contributed by atoms with van der Waals surface area (Å²) in [5, 5.41) is 0. The largest absolute Gasteiger partial charge is 0.444 e. The molecular formula is C22H29N3O4. The molecule has 0 bridgehead atoms. The zero-order valence-corrected chi connectivity index (χ0v) is 17.0. The molecule has 1 atom stereocenters. The number of carbonyl (C=O) groups excluding carboxylic acids is 3. The van der Waals surface area contributed by atoms with Gasteiger partial charge < -0.3 is 19.4 Å². The fourth-order valence-electron chi connectivity index (χ4n) is 4.68. The Morgan fingerprint density at radius 2 is 1.55 bits per heavy atom. The highest BCUT2D eigenvalue weighted by Crippen LogP contribution is 2.26. The van der Waals surface area contributed by atoms with E-state index in [1.54, 1.807) is 0 Å². The smallest absolute Gasteiger partial charge is 0.410 e. The number of nitrogens with zero attached hydrogens (tertiary/aromatic N) is 3. The number of likely N-dealkylation sites (tertiary alicyclic amines) is 2. The Labute approximate surface area is 171 Å². The molecule has 7 nitrogen and oxygen atoms in total. The normalized spacial score (nSPS) is 24.0. The van der Waals surface area contributed by atoms with Crippen molar-refractivity contribution in [3.05, 3.63) is 35.9 Å². The fourth-order valence-corrected chi connectivity index (χ4v) is 4.68. The first-order valence-corrected chi connectivity index (χ1v) is 10.6. The van der Waals surface area contributed by atoms with E-state index in [9.17, 15) is 14.4 Å². The molecule has 4 rings (SSSR count). The minimum absolute atomic E-state index is 0.0110. The summed E-state index contributed by atoms with van der Waals surface area (Å²) < 4.78 is 5.23. The highest BCUT2D eigenvalue weighted by Gasteiger charge is 2.37. The molecule has 29 heavy (non-hydrogen) atoms. The monoisotopic (exact) mass is 399 g/mol. The summed E-state index contributed by atoms with van der Waals surface area (Å²) in [6.07, 6.45) is 2.77. The van der Waals surface area contributed by atoms with Crippen LogP contribution in [0.4, 0.5) is 4.79 Å². The van der Waals surface area contributed by atoms with Crippen molar-refractivity contribution in [3.63, 3.8) is 0 Å². The molecule has 3 heterocycles. The van der Waals surface area contributed by atoms with Crippen LogP contribution in [0.25, 0.3) is 0 Å². The lowest BCUT2D eigenvalue weighted by molar-refractivity contribution is -0.138. The van der Waals surface area contributed by atoms with Gasteiger partial charge in [-0.1, -0.05) is 18.2 Å². The fraction of sp³-hybridized carbons (Fsp3) is 0.591. The molecular weight excluding hydrogens is 370 g/mol. The summed E-state index contributed by atoms with van der Waals surface area (Å²) in [5.74, 6) is 0.236. The number of carbonyl (C=O) groups is 3. The summed E-state index contributed by atoms with van der Waals surface area (Å²) in [6.45, 7) is 5.17.